The summed E-state index contributed by atoms with van der Waals surface area (Å²) >= 11 is 0. The van der Waals surface area contributed by atoms with Crippen LogP contribution in [0.15, 0.2) is 0 Å². The molecule has 0 atom stereocenters. The van der Waals surface area contributed by atoms with Crippen molar-refractivity contribution >= 4 is 0 Å². The number of hydrogen-bond donors (Lipinski definition) is 1. The van der Waals surface area contributed by atoms with Crippen LogP contribution in [0.3, 0.4) is 0 Å². The fraction of sp³-hybridized carbons (Fsp3) is 1.00. The van der Waals surface area contributed by atoms with Crippen LogP contribution in [0.25, 0.3) is 0 Å². The van der Waals surface area contributed by atoms with E-state index in [-0.39, 0.29) is 0 Å². The van der Waals surface area contributed by atoms with Crippen molar-refractivity contribution in [2.45, 2.75) is 88.1 Å². The maximum absolute atomic E-state index is 4.05. The van der Waals surface area contributed by atoms with Crippen molar-refractivity contribution in [3.8, 4) is 0 Å². The Morgan fingerprint density at radius 1 is 0.850 bits per heavy atom. The van der Waals surface area contributed by atoms with E-state index in [1.54, 1.807) is 0 Å². The van der Waals surface area contributed by atoms with E-state index in [0.29, 0.717) is 11.1 Å². The molecular weight excluding hydrogens is 244 g/mol. The molecule has 0 amide bonds. The predicted octanol–water partition coefficient (Wildman–Crippen LogP) is 3.71. The molecule has 0 aromatic heterocycles. The summed E-state index contributed by atoms with van der Waals surface area (Å²) in [5.41, 5.74) is 1.05. The average molecular weight is 276 g/mol. The average Bonchev–Trinajstić information content (AvgIpc) is 2.88. The second-order valence-electron chi connectivity index (χ2n) is 8.30. The smallest absolute Gasteiger partial charge is 0.0335 e. The van der Waals surface area contributed by atoms with Crippen LogP contribution in [0.1, 0.15) is 77.0 Å². The highest BCUT2D eigenvalue weighted by atomic mass is 15.3. The minimum atomic E-state index is 0.506. The molecular formula is C18H32N2. The molecule has 3 saturated carbocycles. The van der Waals surface area contributed by atoms with Gasteiger partial charge in [0.1, 0.15) is 0 Å². The lowest BCUT2D eigenvalue weighted by Crippen LogP contribution is -2.70. The van der Waals surface area contributed by atoms with Crippen molar-refractivity contribution in [1.29, 1.82) is 0 Å². The molecule has 114 valence electrons. The summed E-state index contributed by atoms with van der Waals surface area (Å²) in [6, 6.07) is 0. The van der Waals surface area contributed by atoms with Crippen molar-refractivity contribution in [2.75, 3.05) is 19.6 Å². The summed E-state index contributed by atoms with van der Waals surface area (Å²) in [7, 11) is 0. The first kappa shape index (κ1) is 13.6. The van der Waals surface area contributed by atoms with Gasteiger partial charge in [-0.15, -0.1) is 0 Å². The van der Waals surface area contributed by atoms with Gasteiger partial charge in [-0.1, -0.05) is 38.5 Å². The first-order chi connectivity index (χ1) is 9.80. The van der Waals surface area contributed by atoms with E-state index in [4.69, 9.17) is 0 Å². The van der Waals surface area contributed by atoms with E-state index < -0.39 is 0 Å². The van der Waals surface area contributed by atoms with Crippen LogP contribution in [0.5, 0.6) is 0 Å². The Bertz CT molecular complexity index is 335. The molecule has 1 saturated heterocycles. The fourth-order valence-electron chi connectivity index (χ4n) is 5.39. The summed E-state index contributed by atoms with van der Waals surface area (Å²) in [5, 5.41) is 4.05. The molecule has 3 aliphatic carbocycles. The van der Waals surface area contributed by atoms with Crippen LogP contribution in [0, 0.1) is 5.92 Å². The van der Waals surface area contributed by atoms with Crippen LogP contribution >= 0.6 is 0 Å². The Kier molecular flexibility index (Phi) is 3.58. The number of piperazine rings is 1. The molecule has 0 radical (unpaired) electrons. The third-order valence-corrected chi connectivity index (χ3v) is 7.01. The molecule has 20 heavy (non-hydrogen) atoms. The Morgan fingerprint density at radius 2 is 1.55 bits per heavy atom. The standard InChI is InChI=1S/C18H32N2/c1-2-11-18(12-3-1)14-19-17(9-4-5-10-17)15-20(18)13-16-7-6-8-16/h16,19H,1-15H2. The zero-order valence-electron chi connectivity index (χ0n) is 13.1. The fourth-order valence-corrected chi connectivity index (χ4v) is 5.39. The van der Waals surface area contributed by atoms with Crippen molar-refractivity contribution in [3.63, 3.8) is 0 Å². The molecule has 2 heteroatoms. The van der Waals surface area contributed by atoms with Crippen molar-refractivity contribution < 1.29 is 0 Å². The van der Waals surface area contributed by atoms with Crippen LogP contribution in [-0.4, -0.2) is 35.6 Å². The molecule has 0 bridgehead atoms. The Labute approximate surface area is 124 Å². The third-order valence-electron chi connectivity index (χ3n) is 7.01. The van der Waals surface area contributed by atoms with E-state index >= 15 is 0 Å². The molecule has 2 nitrogen and oxygen atoms in total. The minimum absolute atomic E-state index is 0.506. The van der Waals surface area contributed by atoms with Crippen molar-refractivity contribution in [1.82, 2.24) is 10.2 Å². The van der Waals surface area contributed by atoms with Gasteiger partial charge in [-0.2, -0.15) is 0 Å². The number of rotatable bonds is 2. The van der Waals surface area contributed by atoms with Crippen LogP contribution in [0.4, 0.5) is 0 Å². The molecule has 1 heterocycles. The van der Waals surface area contributed by atoms with Gasteiger partial charge >= 0.3 is 0 Å². The molecule has 2 spiro atoms. The number of nitrogens with one attached hydrogen (secondary N) is 1. The van der Waals surface area contributed by atoms with Gasteiger partial charge in [0, 0.05) is 30.7 Å². The highest BCUT2D eigenvalue weighted by molar-refractivity contribution is 5.08. The summed E-state index contributed by atoms with van der Waals surface area (Å²) in [5.74, 6) is 1.03. The van der Waals surface area contributed by atoms with Gasteiger partial charge in [0.2, 0.25) is 0 Å². The monoisotopic (exact) mass is 276 g/mol. The summed E-state index contributed by atoms with van der Waals surface area (Å²) in [6.45, 7) is 4.08. The lowest BCUT2D eigenvalue weighted by molar-refractivity contribution is -0.0341. The van der Waals surface area contributed by atoms with Crippen LogP contribution in [-0.2, 0) is 0 Å². The minimum Gasteiger partial charge on any atom is -0.308 e. The van der Waals surface area contributed by atoms with E-state index in [1.165, 1.54) is 96.7 Å². The summed E-state index contributed by atoms with van der Waals surface area (Å²) in [6.07, 6.45) is 17.6. The molecule has 4 rings (SSSR count). The van der Waals surface area contributed by atoms with Crippen molar-refractivity contribution in [3.05, 3.63) is 0 Å². The Morgan fingerprint density at radius 3 is 2.20 bits per heavy atom. The Balaban J connectivity index is 1.52. The highest BCUT2D eigenvalue weighted by Crippen LogP contribution is 2.43. The summed E-state index contributed by atoms with van der Waals surface area (Å²) < 4.78 is 0. The maximum atomic E-state index is 4.05. The van der Waals surface area contributed by atoms with E-state index in [0.717, 1.165) is 5.92 Å². The molecule has 4 aliphatic rings. The van der Waals surface area contributed by atoms with Gasteiger partial charge in [0.15, 0.2) is 0 Å². The van der Waals surface area contributed by atoms with E-state index in [2.05, 4.69) is 10.2 Å². The largest absolute Gasteiger partial charge is 0.308 e. The van der Waals surface area contributed by atoms with Gasteiger partial charge in [-0.25, -0.2) is 0 Å². The molecule has 4 fully saturated rings. The van der Waals surface area contributed by atoms with Crippen molar-refractivity contribution in [2.24, 2.45) is 5.92 Å². The second-order valence-corrected chi connectivity index (χ2v) is 8.30. The SMILES string of the molecule is C1CCC2(CC1)CNC1(CCCC1)CN2CC1CCC1. The predicted molar refractivity (Wildman–Crippen MR) is 83.9 cm³/mol. The molecule has 1 N–H and O–H groups in total. The van der Waals surface area contributed by atoms with E-state index in [9.17, 15) is 0 Å². The topological polar surface area (TPSA) is 15.3 Å². The number of nitrogens with zero attached hydrogens (tertiary/aromatic N) is 1. The Hall–Kier alpha value is -0.0800. The second kappa shape index (κ2) is 5.28. The van der Waals surface area contributed by atoms with Gasteiger partial charge in [-0.05, 0) is 44.4 Å². The zero-order valence-corrected chi connectivity index (χ0v) is 13.1. The van der Waals surface area contributed by atoms with Gasteiger partial charge in [0.25, 0.3) is 0 Å². The quantitative estimate of drug-likeness (QED) is 0.827. The first-order valence-electron chi connectivity index (χ1n) is 9.31. The zero-order chi connectivity index (χ0) is 13.5. The van der Waals surface area contributed by atoms with E-state index in [1.807, 2.05) is 0 Å². The normalized spacial score (nSPS) is 33.6. The molecule has 0 aromatic carbocycles. The summed E-state index contributed by atoms with van der Waals surface area (Å²) in [4.78, 5) is 3.00. The molecule has 1 aliphatic heterocycles. The molecule has 0 unspecified atom stereocenters. The van der Waals surface area contributed by atoms with Crippen LogP contribution < -0.4 is 5.32 Å². The van der Waals surface area contributed by atoms with Gasteiger partial charge in [0.05, 0.1) is 0 Å². The lowest BCUT2D eigenvalue weighted by atomic mass is 9.74. The van der Waals surface area contributed by atoms with Gasteiger partial charge < -0.3 is 5.32 Å². The van der Waals surface area contributed by atoms with Gasteiger partial charge in [-0.3, -0.25) is 4.90 Å². The van der Waals surface area contributed by atoms with Crippen LogP contribution in [0.2, 0.25) is 0 Å². The third kappa shape index (κ3) is 2.33. The lowest BCUT2D eigenvalue weighted by Gasteiger charge is -2.57. The first-order valence-corrected chi connectivity index (χ1v) is 9.31. The molecule has 0 aromatic rings. The highest BCUT2D eigenvalue weighted by Gasteiger charge is 2.49. The maximum Gasteiger partial charge on any atom is 0.0335 e. The number of hydrogen-bond acceptors (Lipinski definition) is 2.